The number of nitrogens with two attached hydrogens (primary N) is 1. The second-order valence-electron chi connectivity index (χ2n) is 6.56. The van der Waals surface area contributed by atoms with Gasteiger partial charge in [-0.3, -0.25) is 4.79 Å². The third kappa shape index (κ3) is 2.87. The lowest BCUT2D eigenvalue weighted by atomic mass is 9.79. The zero-order valence-corrected chi connectivity index (χ0v) is 12.0. The van der Waals surface area contributed by atoms with E-state index in [1.165, 1.54) is 19.3 Å². The SMILES string of the molecule is CC1CC1CN(C)C(=O)C1(CN)CCCCCC1. The van der Waals surface area contributed by atoms with E-state index >= 15 is 0 Å². The molecule has 104 valence electrons. The standard InChI is InChI=1S/C15H28N2O/c1-12-9-13(12)10-17(2)14(18)15(11-16)7-5-3-4-6-8-15/h12-13H,3-11,16H2,1-2H3. The van der Waals surface area contributed by atoms with Gasteiger partial charge in [-0.25, -0.2) is 0 Å². The molecule has 2 fully saturated rings. The predicted octanol–water partition coefficient (Wildman–Crippen LogP) is 2.40. The monoisotopic (exact) mass is 252 g/mol. The van der Waals surface area contributed by atoms with Gasteiger partial charge in [0, 0.05) is 20.1 Å². The Bertz CT molecular complexity index is 295. The quantitative estimate of drug-likeness (QED) is 0.781. The fraction of sp³-hybridized carbons (Fsp3) is 0.933. The predicted molar refractivity (Wildman–Crippen MR) is 74.1 cm³/mol. The van der Waals surface area contributed by atoms with E-state index in [0.717, 1.165) is 44.1 Å². The highest BCUT2D eigenvalue weighted by molar-refractivity contribution is 5.82. The van der Waals surface area contributed by atoms with Crippen LogP contribution in [0.15, 0.2) is 0 Å². The van der Waals surface area contributed by atoms with Crippen molar-refractivity contribution in [2.45, 2.75) is 51.9 Å². The smallest absolute Gasteiger partial charge is 0.229 e. The lowest BCUT2D eigenvalue weighted by Gasteiger charge is -2.34. The molecular weight excluding hydrogens is 224 g/mol. The van der Waals surface area contributed by atoms with E-state index < -0.39 is 0 Å². The summed E-state index contributed by atoms with van der Waals surface area (Å²) in [5, 5.41) is 0. The Balaban J connectivity index is 1.98. The Hall–Kier alpha value is -0.570. The number of carbonyl (C=O) groups is 1. The van der Waals surface area contributed by atoms with Crippen molar-refractivity contribution in [3.8, 4) is 0 Å². The molecule has 2 aliphatic rings. The van der Waals surface area contributed by atoms with Crippen molar-refractivity contribution in [1.29, 1.82) is 0 Å². The molecule has 0 heterocycles. The van der Waals surface area contributed by atoms with Gasteiger partial charge in [0.1, 0.15) is 0 Å². The molecule has 2 rings (SSSR count). The highest BCUT2D eigenvalue weighted by atomic mass is 16.2. The van der Waals surface area contributed by atoms with Gasteiger partial charge in [0.2, 0.25) is 5.91 Å². The molecule has 0 aromatic rings. The summed E-state index contributed by atoms with van der Waals surface area (Å²) in [4.78, 5) is 14.7. The molecule has 3 nitrogen and oxygen atoms in total. The highest BCUT2D eigenvalue weighted by Crippen LogP contribution is 2.40. The normalized spacial score (nSPS) is 30.6. The minimum atomic E-state index is -0.247. The zero-order chi connectivity index (χ0) is 13.2. The van der Waals surface area contributed by atoms with Gasteiger partial charge in [0.15, 0.2) is 0 Å². The van der Waals surface area contributed by atoms with Crippen LogP contribution in [0.25, 0.3) is 0 Å². The third-order valence-electron chi connectivity index (χ3n) is 5.04. The van der Waals surface area contributed by atoms with Crippen LogP contribution in [0.2, 0.25) is 0 Å². The Labute approximate surface area is 111 Å². The van der Waals surface area contributed by atoms with Crippen LogP contribution in [-0.2, 0) is 4.79 Å². The second kappa shape index (κ2) is 5.60. The number of amides is 1. The van der Waals surface area contributed by atoms with Crippen LogP contribution in [0.1, 0.15) is 51.9 Å². The first-order valence-corrected chi connectivity index (χ1v) is 7.55. The van der Waals surface area contributed by atoms with Crippen molar-refractivity contribution in [3.63, 3.8) is 0 Å². The molecule has 0 aromatic carbocycles. The van der Waals surface area contributed by atoms with Gasteiger partial charge < -0.3 is 10.6 Å². The Morgan fingerprint density at radius 3 is 2.28 bits per heavy atom. The van der Waals surface area contributed by atoms with Crippen molar-refractivity contribution >= 4 is 5.91 Å². The largest absolute Gasteiger partial charge is 0.345 e. The van der Waals surface area contributed by atoms with Crippen molar-refractivity contribution in [1.82, 2.24) is 4.90 Å². The maximum absolute atomic E-state index is 12.7. The molecule has 0 spiro atoms. The van der Waals surface area contributed by atoms with E-state index in [9.17, 15) is 4.79 Å². The molecule has 0 aromatic heterocycles. The zero-order valence-electron chi connectivity index (χ0n) is 12.0. The van der Waals surface area contributed by atoms with E-state index in [-0.39, 0.29) is 5.41 Å². The summed E-state index contributed by atoms with van der Waals surface area (Å²) in [6.45, 7) is 3.73. The Morgan fingerprint density at radius 2 is 1.83 bits per heavy atom. The molecule has 0 bridgehead atoms. The van der Waals surface area contributed by atoms with Crippen molar-refractivity contribution in [3.05, 3.63) is 0 Å². The summed E-state index contributed by atoms with van der Waals surface area (Å²) >= 11 is 0. The van der Waals surface area contributed by atoms with E-state index in [0.29, 0.717) is 12.5 Å². The molecule has 2 atom stereocenters. The molecule has 2 saturated carbocycles. The molecule has 2 unspecified atom stereocenters. The Kier molecular flexibility index (Phi) is 4.31. The topological polar surface area (TPSA) is 46.3 Å². The number of nitrogens with zero attached hydrogens (tertiary/aromatic N) is 1. The van der Waals surface area contributed by atoms with Crippen LogP contribution >= 0.6 is 0 Å². The summed E-state index contributed by atoms with van der Waals surface area (Å²) < 4.78 is 0. The fourth-order valence-corrected chi connectivity index (χ4v) is 3.40. The fourth-order valence-electron chi connectivity index (χ4n) is 3.40. The lowest BCUT2D eigenvalue weighted by molar-refractivity contribution is -0.141. The minimum absolute atomic E-state index is 0.247. The number of carbonyl (C=O) groups excluding carboxylic acids is 1. The van der Waals surface area contributed by atoms with Crippen molar-refractivity contribution < 1.29 is 4.79 Å². The Morgan fingerprint density at radius 1 is 1.28 bits per heavy atom. The van der Waals surface area contributed by atoms with Gasteiger partial charge in [-0.1, -0.05) is 32.6 Å². The van der Waals surface area contributed by atoms with Crippen molar-refractivity contribution in [2.75, 3.05) is 20.1 Å². The van der Waals surface area contributed by atoms with E-state index in [2.05, 4.69) is 6.92 Å². The van der Waals surface area contributed by atoms with Gasteiger partial charge >= 0.3 is 0 Å². The first kappa shape index (κ1) is 13.9. The number of hydrogen-bond donors (Lipinski definition) is 1. The average molecular weight is 252 g/mol. The first-order valence-electron chi connectivity index (χ1n) is 7.55. The van der Waals surface area contributed by atoms with Gasteiger partial charge in [-0.05, 0) is 31.1 Å². The van der Waals surface area contributed by atoms with Crippen LogP contribution in [0.4, 0.5) is 0 Å². The summed E-state index contributed by atoms with van der Waals surface area (Å²) in [7, 11) is 1.97. The molecule has 0 saturated heterocycles. The molecule has 1 amide bonds. The highest BCUT2D eigenvalue weighted by Gasteiger charge is 2.41. The molecule has 0 aliphatic heterocycles. The maximum Gasteiger partial charge on any atom is 0.229 e. The number of rotatable bonds is 4. The van der Waals surface area contributed by atoms with Gasteiger partial charge in [0.25, 0.3) is 0 Å². The van der Waals surface area contributed by atoms with Crippen LogP contribution < -0.4 is 5.73 Å². The van der Waals surface area contributed by atoms with E-state index in [1.807, 2.05) is 11.9 Å². The summed E-state index contributed by atoms with van der Waals surface area (Å²) in [6.07, 6.45) is 8.12. The average Bonchev–Trinajstić information content (AvgIpc) is 3.10. The van der Waals surface area contributed by atoms with Crippen molar-refractivity contribution in [2.24, 2.45) is 23.0 Å². The first-order chi connectivity index (χ1) is 8.59. The summed E-state index contributed by atoms with van der Waals surface area (Å²) in [5.74, 6) is 1.86. The van der Waals surface area contributed by atoms with E-state index in [4.69, 9.17) is 5.73 Å². The van der Waals surface area contributed by atoms with Gasteiger partial charge in [-0.15, -0.1) is 0 Å². The number of hydrogen-bond acceptors (Lipinski definition) is 2. The maximum atomic E-state index is 12.7. The van der Waals surface area contributed by atoms with E-state index in [1.54, 1.807) is 0 Å². The van der Waals surface area contributed by atoms with Gasteiger partial charge in [0.05, 0.1) is 5.41 Å². The lowest BCUT2D eigenvalue weighted by Crippen LogP contribution is -2.47. The van der Waals surface area contributed by atoms with Crippen LogP contribution in [-0.4, -0.2) is 30.9 Å². The molecular formula is C15H28N2O. The molecule has 18 heavy (non-hydrogen) atoms. The van der Waals surface area contributed by atoms with Crippen LogP contribution in [0.3, 0.4) is 0 Å². The van der Waals surface area contributed by atoms with Crippen LogP contribution in [0.5, 0.6) is 0 Å². The second-order valence-corrected chi connectivity index (χ2v) is 6.56. The molecule has 2 N–H and O–H groups in total. The van der Waals surface area contributed by atoms with Crippen LogP contribution in [0, 0.1) is 17.3 Å². The third-order valence-corrected chi connectivity index (χ3v) is 5.04. The minimum Gasteiger partial charge on any atom is -0.345 e. The molecule has 2 aliphatic carbocycles. The van der Waals surface area contributed by atoms with Gasteiger partial charge in [-0.2, -0.15) is 0 Å². The molecule has 3 heteroatoms. The summed E-state index contributed by atoms with van der Waals surface area (Å²) in [6, 6.07) is 0. The summed E-state index contributed by atoms with van der Waals surface area (Å²) in [5.41, 5.74) is 5.73. The molecule has 0 radical (unpaired) electrons.